The number of hydrogen-bond donors (Lipinski definition) is 1. The van der Waals surface area contributed by atoms with Crippen LogP contribution in [-0.4, -0.2) is 13.7 Å². The molecule has 1 saturated heterocycles. The minimum absolute atomic E-state index is 0.143. The van der Waals surface area contributed by atoms with Crippen molar-refractivity contribution in [1.29, 1.82) is 0 Å². The second-order valence-corrected chi connectivity index (χ2v) is 3.89. The van der Waals surface area contributed by atoms with Crippen LogP contribution in [0.4, 0.5) is 4.39 Å². The molecule has 1 heterocycles. The van der Waals surface area contributed by atoms with Gasteiger partial charge in [0.15, 0.2) is 0 Å². The van der Waals surface area contributed by atoms with Gasteiger partial charge < -0.3 is 10.1 Å². The maximum absolute atomic E-state index is 13.6. The number of piperidine rings is 1. The fraction of sp³-hybridized carbons (Fsp3) is 0.500. The molecule has 0 radical (unpaired) electrons. The summed E-state index contributed by atoms with van der Waals surface area (Å²) in [6.45, 7) is 0.974. The second kappa shape index (κ2) is 4.62. The lowest BCUT2D eigenvalue weighted by Gasteiger charge is -2.24. The number of methoxy groups -OCH3 is 1. The summed E-state index contributed by atoms with van der Waals surface area (Å²) in [5.41, 5.74) is 0.731. The highest BCUT2D eigenvalue weighted by Gasteiger charge is 2.18. The Kier molecular flexibility index (Phi) is 3.21. The summed E-state index contributed by atoms with van der Waals surface area (Å²) in [5.74, 6) is 0.578. The summed E-state index contributed by atoms with van der Waals surface area (Å²) in [4.78, 5) is 0. The van der Waals surface area contributed by atoms with Crippen molar-refractivity contribution in [3.05, 3.63) is 29.6 Å². The highest BCUT2D eigenvalue weighted by Crippen LogP contribution is 2.27. The minimum atomic E-state index is -0.143. The van der Waals surface area contributed by atoms with E-state index in [1.165, 1.54) is 12.5 Å². The molecule has 2 rings (SSSR count). The number of ether oxygens (including phenoxy) is 1. The lowest BCUT2D eigenvalue weighted by Crippen LogP contribution is -2.27. The van der Waals surface area contributed by atoms with Gasteiger partial charge in [0, 0.05) is 11.6 Å². The maximum atomic E-state index is 13.6. The van der Waals surface area contributed by atoms with Gasteiger partial charge in [-0.2, -0.15) is 0 Å². The van der Waals surface area contributed by atoms with Gasteiger partial charge in [0.05, 0.1) is 7.11 Å². The Labute approximate surface area is 89.4 Å². The summed E-state index contributed by atoms with van der Waals surface area (Å²) in [6, 6.07) is 5.07. The molecule has 3 heteroatoms. The Hall–Kier alpha value is -1.09. The van der Waals surface area contributed by atoms with Gasteiger partial charge in [0.1, 0.15) is 11.6 Å². The van der Waals surface area contributed by atoms with Crippen LogP contribution in [0.25, 0.3) is 0 Å². The van der Waals surface area contributed by atoms with Gasteiger partial charge >= 0.3 is 0 Å². The summed E-state index contributed by atoms with van der Waals surface area (Å²) in [5, 5.41) is 3.33. The Bertz CT molecular complexity index is 334. The second-order valence-electron chi connectivity index (χ2n) is 3.89. The molecule has 1 atom stereocenters. The topological polar surface area (TPSA) is 21.3 Å². The van der Waals surface area contributed by atoms with Crippen LogP contribution in [0.3, 0.4) is 0 Å². The maximum Gasteiger partial charge on any atom is 0.128 e. The van der Waals surface area contributed by atoms with Crippen molar-refractivity contribution in [1.82, 2.24) is 5.32 Å². The van der Waals surface area contributed by atoms with Crippen LogP contribution in [-0.2, 0) is 0 Å². The van der Waals surface area contributed by atoms with Crippen LogP contribution in [0.5, 0.6) is 5.75 Å². The molecule has 1 aliphatic heterocycles. The van der Waals surface area contributed by atoms with Gasteiger partial charge in [-0.3, -0.25) is 0 Å². The van der Waals surface area contributed by atoms with Crippen LogP contribution < -0.4 is 10.1 Å². The Morgan fingerprint density at radius 2 is 2.27 bits per heavy atom. The first-order valence-electron chi connectivity index (χ1n) is 5.38. The summed E-state index contributed by atoms with van der Waals surface area (Å²) < 4.78 is 18.7. The van der Waals surface area contributed by atoms with Crippen LogP contribution in [0.1, 0.15) is 30.9 Å². The standard InChI is InChI=1S/C12H16FNO/c1-15-9-5-6-11(13)10(8-9)12-4-2-3-7-14-12/h5-6,8,12,14H,2-4,7H2,1H3/t12-/m1/s1. The zero-order valence-electron chi connectivity index (χ0n) is 8.92. The van der Waals surface area contributed by atoms with Crippen molar-refractivity contribution in [2.75, 3.05) is 13.7 Å². The predicted molar refractivity (Wildman–Crippen MR) is 57.5 cm³/mol. The average Bonchev–Trinajstić information content (AvgIpc) is 2.31. The average molecular weight is 209 g/mol. The van der Waals surface area contributed by atoms with E-state index < -0.39 is 0 Å². The first-order valence-corrected chi connectivity index (χ1v) is 5.38. The normalized spacial score (nSPS) is 21.3. The third-order valence-corrected chi connectivity index (χ3v) is 2.89. The van der Waals surface area contributed by atoms with Crippen molar-refractivity contribution in [2.45, 2.75) is 25.3 Å². The Morgan fingerprint density at radius 1 is 1.40 bits per heavy atom. The quantitative estimate of drug-likeness (QED) is 0.808. The lowest BCUT2D eigenvalue weighted by atomic mass is 9.97. The molecule has 1 aromatic rings. The molecule has 15 heavy (non-hydrogen) atoms. The first-order chi connectivity index (χ1) is 7.31. The van der Waals surface area contributed by atoms with E-state index in [2.05, 4.69) is 5.32 Å². The molecular formula is C12H16FNO. The zero-order valence-corrected chi connectivity index (χ0v) is 8.92. The molecule has 82 valence electrons. The van der Waals surface area contributed by atoms with Crippen LogP contribution in [0, 0.1) is 5.82 Å². The molecule has 0 aromatic heterocycles. The molecule has 0 saturated carbocycles. The largest absolute Gasteiger partial charge is 0.497 e. The van der Waals surface area contributed by atoms with Crippen molar-refractivity contribution in [3.8, 4) is 5.75 Å². The molecule has 0 spiro atoms. The van der Waals surface area contributed by atoms with Crippen molar-refractivity contribution in [2.24, 2.45) is 0 Å². The summed E-state index contributed by atoms with van der Waals surface area (Å²) in [7, 11) is 1.60. The number of rotatable bonds is 2. The highest BCUT2D eigenvalue weighted by atomic mass is 19.1. The fourth-order valence-electron chi connectivity index (χ4n) is 2.03. The molecule has 1 aromatic carbocycles. The highest BCUT2D eigenvalue weighted by molar-refractivity contribution is 5.32. The van der Waals surface area contributed by atoms with Gasteiger partial charge in [-0.1, -0.05) is 6.42 Å². The van der Waals surface area contributed by atoms with Gasteiger partial charge in [-0.15, -0.1) is 0 Å². The van der Waals surface area contributed by atoms with E-state index in [0.717, 1.165) is 30.7 Å². The SMILES string of the molecule is COc1ccc(F)c([C@H]2CCCCN2)c1. The molecule has 0 unspecified atom stereocenters. The number of hydrogen-bond acceptors (Lipinski definition) is 2. The fourth-order valence-corrected chi connectivity index (χ4v) is 2.03. The lowest BCUT2D eigenvalue weighted by molar-refractivity contribution is 0.389. The molecule has 1 N–H and O–H groups in total. The van der Waals surface area contributed by atoms with Crippen molar-refractivity contribution in [3.63, 3.8) is 0 Å². The van der Waals surface area contributed by atoms with Crippen molar-refractivity contribution >= 4 is 0 Å². The van der Waals surface area contributed by atoms with Gasteiger partial charge in [0.25, 0.3) is 0 Å². The van der Waals surface area contributed by atoms with E-state index >= 15 is 0 Å². The van der Waals surface area contributed by atoms with E-state index in [9.17, 15) is 4.39 Å². The Morgan fingerprint density at radius 3 is 2.93 bits per heavy atom. The smallest absolute Gasteiger partial charge is 0.128 e. The third kappa shape index (κ3) is 2.29. The number of benzene rings is 1. The number of nitrogens with one attached hydrogen (secondary N) is 1. The van der Waals surface area contributed by atoms with E-state index in [1.54, 1.807) is 19.2 Å². The van der Waals surface area contributed by atoms with E-state index in [-0.39, 0.29) is 11.9 Å². The minimum Gasteiger partial charge on any atom is -0.497 e. The molecule has 0 aliphatic carbocycles. The third-order valence-electron chi connectivity index (χ3n) is 2.89. The van der Waals surface area contributed by atoms with Crippen LogP contribution in [0.15, 0.2) is 18.2 Å². The van der Waals surface area contributed by atoms with Gasteiger partial charge in [0.2, 0.25) is 0 Å². The van der Waals surface area contributed by atoms with E-state index in [4.69, 9.17) is 4.74 Å². The first kappa shape index (κ1) is 10.4. The van der Waals surface area contributed by atoms with Crippen molar-refractivity contribution < 1.29 is 9.13 Å². The number of halogens is 1. The van der Waals surface area contributed by atoms with Gasteiger partial charge in [-0.05, 0) is 37.6 Å². The Balaban J connectivity index is 2.24. The molecule has 1 fully saturated rings. The predicted octanol–water partition coefficient (Wildman–Crippen LogP) is 2.65. The molecule has 0 bridgehead atoms. The monoisotopic (exact) mass is 209 g/mol. The van der Waals surface area contributed by atoms with Crippen LogP contribution in [0.2, 0.25) is 0 Å². The molecule has 0 amide bonds. The van der Waals surface area contributed by atoms with Gasteiger partial charge in [-0.25, -0.2) is 4.39 Å². The van der Waals surface area contributed by atoms with E-state index in [0.29, 0.717) is 0 Å². The molecule has 2 nitrogen and oxygen atoms in total. The molecular weight excluding hydrogens is 193 g/mol. The molecule has 1 aliphatic rings. The van der Waals surface area contributed by atoms with E-state index in [1.807, 2.05) is 0 Å². The van der Waals surface area contributed by atoms with Crippen LogP contribution >= 0.6 is 0 Å². The summed E-state index contributed by atoms with van der Waals surface area (Å²) >= 11 is 0. The zero-order chi connectivity index (χ0) is 10.7. The summed E-state index contributed by atoms with van der Waals surface area (Å²) in [6.07, 6.45) is 3.35.